The Hall–Kier alpha value is -2.36. The molecule has 0 radical (unpaired) electrons. The molecule has 0 unspecified atom stereocenters. The standard InChI is InChI=1S/C16H19FN2O4/c1-5-6-18-8-12(20)19(15(18)22)9-23-14(21)13-11(7-10(2)17)16(13,3)4/h1,7,11,13H,6,8-9H2,2-4H3/b10-7-/t11-,13-/m0/s1. The zero-order valence-electron chi connectivity index (χ0n) is 13.3. The van der Waals surface area contributed by atoms with Crippen molar-refractivity contribution in [2.24, 2.45) is 17.3 Å². The fraction of sp³-hybridized carbons (Fsp3) is 0.562. The van der Waals surface area contributed by atoms with Crippen molar-refractivity contribution in [3.05, 3.63) is 11.9 Å². The number of amides is 3. The average Bonchev–Trinajstić information content (AvgIpc) is 2.85. The van der Waals surface area contributed by atoms with Crippen molar-refractivity contribution in [3.8, 4) is 12.3 Å². The van der Waals surface area contributed by atoms with Crippen LogP contribution in [0.2, 0.25) is 0 Å². The van der Waals surface area contributed by atoms with E-state index in [2.05, 4.69) is 5.92 Å². The Bertz CT molecular complexity index is 616. The summed E-state index contributed by atoms with van der Waals surface area (Å²) in [6, 6.07) is -0.577. The third-order valence-corrected chi connectivity index (χ3v) is 4.32. The number of rotatable bonds is 5. The second-order valence-electron chi connectivity index (χ2n) is 6.34. The summed E-state index contributed by atoms with van der Waals surface area (Å²) < 4.78 is 18.1. The van der Waals surface area contributed by atoms with Crippen LogP contribution in [0.25, 0.3) is 0 Å². The number of imide groups is 1. The minimum Gasteiger partial charge on any atom is -0.443 e. The van der Waals surface area contributed by atoms with Gasteiger partial charge in [-0.05, 0) is 24.3 Å². The molecule has 0 spiro atoms. The van der Waals surface area contributed by atoms with E-state index in [1.54, 1.807) is 0 Å². The Morgan fingerprint density at radius 2 is 2.17 bits per heavy atom. The number of esters is 1. The summed E-state index contributed by atoms with van der Waals surface area (Å²) in [5.74, 6) is 0.185. The first-order valence-electron chi connectivity index (χ1n) is 7.23. The number of terminal acetylenes is 1. The number of ether oxygens (including phenoxy) is 1. The molecule has 124 valence electrons. The summed E-state index contributed by atoms with van der Waals surface area (Å²) in [4.78, 5) is 37.8. The summed E-state index contributed by atoms with van der Waals surface area (Å²) >= 11 is 0. The quantitative estimate of drug-likeness (QED) is 0.437. The number of hydrogen-bond donors (Lipinski definition) is 0. The maximum Gasteiger partial charge on any atom is 0.330 e. The zero-order valence-corrected chi connectivity index (χ0v) is 13.3. The topological polar surface area (TPSA) is 66.9 Å². The zero-order chi connectivity index (χ0) is 17.4. The van der Waals surface area contributed by atoms with E-state index in [-0.39, 0.29) is 24.8 Å². The number of hydrogen-bond acceptors (Lipinski definition) is 4. The number of carbonyl (C=O) groups excluding carboxylic acids is 3. The molecular weight excluding hydrogens is 303 g/mol. The Kier molecular flexibility index (Phi) is 4.46. The van der Waals surface area contributed by atoms with Crippen LogP contribution in [0.3, 0.4) is 0 Å². The van der Waals surface area contributed by atoms with Crippen LogP contribution in [-0.4, -0.2) is 47.5 Å². The SMILES string of the molecule is C#CCN1CC(=O)N(COC(=O)[C@@H]2[C@H](/C=C(/C)F)C2(C)C)C1=O. The van der Waals surface area contributed by atoms with Crippen molar-refractivity contribution in [2.45, 2.75) is 20.8 Å². The number of allylic oxidation sites excluding steroid dienone is 2. The highest BCUT2D eigenvalue weighted by Gasteiger charge is 2.61. The summed E-state index contributed by atoms with van der Waals surface area (Å²) in [6.45, 7) is 4.44. The third-order valence-electron chi connectivity index (χ3n) is 4.32. The van der Waals surface area contributed by atoms with E-state index >= 15 is 0 Å². The van der Waals surface area contributed by atoms with Crippen molar-refractivity contribution in [1.29, 1.82) is 0 Å². The smallest absolute Gasteiger partial charge is 0.330 e. The van der Waals surface area contributed by atoms with Crippen molar-refractivity contribution in [3.63, 3.8) is 0 Å². The molecule has 2 aliphatic rings. The van der Waals surface area contributed by atoms with Gasteiger partial charge in [0.05, 0.1) is 18.3 Å². The van der Waals surface area contributed by atoms with Gasteiger partial charge >= 0.3 is 12.0 Å². The second-order valence-corrected chi connectivity index (χ2v) is 6.34. The minimum atomic E-state index is -0.577. The molecule has 6 nitrogen and oxygen atoms in total. The monoisotopic (exact) mass is 322 g/mol. The van der Waals surface area contributed by atoms with E-state index in [4.69, 9.17) is 11.2 Å². The van der Waals surface area contributed by atoms with Crippen molar-refractivity contribution >= 4 is 17.9 Å². The molecule has 2 fully saturated rings. The predicted octanol–water partition coefficient (Wildman–Crippen LogP) is 1.53. The van der Waals surface area contributed by atoms with E-state index in [0.29, 0.717) is 0 Å². The molecule has 0 aromatic rings. The number of halogens is 1. The summed E-state index contributed by atoms with van der Waals surface area (Å²) in [5.41, 5.74) is -0.404. The van der Waals surface area contributed by atoms with Crippen molar-refractivity contribution in [1.82, 2.24) is 9.80 Å². The average molecular weight is 322 g/mol. The van der Waals surface area contributed by atoms with Gasteiger partial charge in [0.15, 0.2) is 6.73 Å². The third kappa shape index (κ3) is 3.21. The van der Waals surface area contributed by atoms with Crippen LogP contribution >= 0.6 is 0 Å². The van der Waals surface area contributed by atoms with Gasteiger partial charge in [-0.2, -0.15) is 0 Å². The number of urea groups is 1. The van der Waals surface area contributed by atoms with Gasteiger partial charge in [0.2, 0.25) is 0 Å². The van der Waals surface area contributed by atoms with Gasteiger partial charge in [-0.3, -0.25) is 9.59 Å². The second kappa shape index (κ2) is 6.03. The highest BCUT2D eigenvalue weighted by molar-refractivity contribution is 6.02. The van der Waals surface area contributed by atoms with Crippen LogP contribution in [0.5, 0.6) is 0 Å². The molecule has 3 amide bonds. The first kappa shape index (κ1) is 17.0. The van der Waals surface area contributed by atoms with E-state index in [1.165, 1.54) is 17.9 Å². The molecule has 1 aliphatic heterocycles. The Morgan fingerprint density at radius 3 is 2.74 bits per heavy atom. The molecule has 23 heavy (non-hydrogen) atoms. The molecule has 1 aliphatic carbocycles. The molecule has 7 heteroatoms. The van der Waals surface area contributed by atoms with Crippen LogP contribution in [0, 0.1) is 29.6 Å². The Morgan fingerprint density at radius 1 is 1.52 bits per heavy atom. The largest absolute Gasteiger partial charge is 0.443 e. The van der Waals surface area contributed by atoms with Gasteiger partial charge in [-0.15, -0.1) is 6.42 Å². The lowest BCUT2D eigenvalue weighted by atomic mass is 10.1. The Labute approximate surface area is 134 Å². The van der Waals surface area contributed by atoms with E-state index in [9.17, 15) is 18.8 Å². The summed E-state index contributed by atoms with van der Waals surface area (Å²) in [7, 11) is 0. The van der Waals surface area contributed by atoms with E-state index in [0.717, 1.165) is 4.90 Å². The van der Waals surface area contributed by atoms with Gasteiger partial charge in [-0.25, -0.2) is 14.1 Å². The maximum atomic E-state index is 13.0. The molecule has 1 heterocycles. The van der Waals surface area contributed by atoms with Crippen molar-refractivity contribution in [2.75, 3.05) is 19.8 Å². The van der Waals surface area contributed by atoms with Crippen LogP contribution in [0.1, 0.15) is 20.8 Å². The minimum absolute atomic E-state index is 0.0212. The molecule has 0 N–H and O–H groups in total. The molecule has 0 aromatic heterocycles. The summed E-state index contributed by atoms with van der Waals surface area (Å²) in [5, 5.41) is 0. The first-order valence-corrected chi connectivity index (χ1v) is 7.23. The maximum absolute atomic E-state index is 13.0. The lowest BCUT2D eigenvalue weighted by Gasteiger charge is -2.15. The molecule has 1 saturated carbocycles. The fourth-order valence-electron chi connectivity index (χ4n) is 2.86. The Balaban J connectivity index is 1.93. The lowest BCUT2D eigenvalue weighted by Crippen LogP contribution is -2.36. The van der Waals surface area contributed by atoms with Gasteiger partial charge in [0, 0.05) is 0 Å². The molecule has 2 atom stereocenters. The van der Waals surface area contributed by atoms with Gasteiger partial charge in [0.1, 0.15) is 6.54 Å². The highest BCUT2D eigenvalue weighted by atomic mass is 19.1. The van der Waals surface area contributed by atoms with Crippen LogP contribution in [0.4, 0.5) is 9.18 Å². The first-order chi connectivity index (χ1) is 10.7. The van der Waals surface area contributed by atoms with Crippen molar-refractivity contribution < 1.29 is 23.5 Å². The fourth-order valence-corrected chi connectivity index (χ4v) is 2.86. The number of nitrogens with zero attached hydrogens (tertiary/aromatic N) is 2. The van der Waals surface area contributed by atoms with E-state index < -0.39 is 36.0 Å². The molecule has 2 rings (SSSR count). The van der Waals surface area contributed by atoms with Gasteiger partial charge in [-0.1, -0.05) is 19.8 Å². The molecule has 0 bridgehead atoms. The van der Waals surface area contributed by atoms with Gasteiger partial charge < -0.3 is 9.64 Å². The predicted molar refractivity (Wildman–Crippen MR) is 79.2 cm³/mol. The van der Waals surface area contributed by atoms with Crippen LogP contribution < -0.4 is 0 Å². The lowest BCUT2D eigenvalue weighted by molar-refractivity contribution is -0.151. The highest BCUT2D eigenvalue weighted by Crippen LogP contribution is 2.59. The van der Waals surface area contributed by atoms with Crippen LogP contribution in [0.15, 0.2) is 11.9 Å². The van der Waals surface area contributed by atoms with E-state index in [1.807, 2.05) is 13.8 Å². The molecule has 1 saturated heterocycles. The number of carbonyl (C=O) groups is 3. The normalized spacial score (nSPS) is 26.3. The molecular formula is C16H19FN2O4. The van der Waals surface area contributed by atoms with Crippen LogP contribution in [-0.2, 0) is 14.3 Å². The molecule has 0 aromatic carbocycles. The summed E-state index contributed by atoms with van der Waals surface area (Å²) in [6.07, 6.45) is 6.52. The van der Waals surface area contributed by atoms with Gasteiger partial charge in [0.25, 0.3) is 5.91 Å².